The molecule has 3 atom stereocenters. The molecule has 0 radical (unpaired) electrons. The fraction of sp³-hybridized carbons (Fsp3) is 0.562. The Labute approximate surface area is 143 Å². The number of hydrogen-bond donors (Lipinski definition) is 2. The van der Waals surface area contributed by atoms with Crippen molar-refractivity contribution in [1.82, 2.24) is 4.90 Å². The summed E-state index contributed by atoms with van der Waals surface area (Å²) in [5.41, 5.74) is 6.95. The Balaban J connectivity index is 0.00000242. The van der Waals surface area contributed by atoms with Crippen LogP contribution in [0.2, 0.25) is 5.02 Å². The lowest BCUT2D eigenvalue weighted by atomic mass is 9.83. The van der Waals surface area contributed by atoms with E-state index in [-0.39, 0.29) is 30.3 Å². The van der Waals surface area contributed by atoms with Crippen LogP contribution in [-0.2, 0) is 11.3 Å². The van der Waals surface area contributed by atoms with Gasteiger partial charge in [0.15, 0.2) is 0 Å². The number of carbonyl (C=O) groups is 1. The second-order valence-corrected chi connectivity index (χ2v) is 6.16. The molecular formula is C16H24Cl2N2O2. The van der Waals surface area contributed by atoms with Crippen LogP contribution < -0.4 is 5.73 Å². The second kappa shape index (κ2) is 8.73. The molecule has 3 N–H and O–H groups in total. The molecule has 4 nitrogen and oxygen atoms in total. The Bertz CT molecular complexity index is 482. The Morgan fingerprint density at radius 3 is 2.55 bits per heavy atom. The number of benzene rings is 1. The van der Waals surface area contributed by atoms with Crippen LogP contribution in [0.3, 0.4) is 0 Å². The van der Waals surface area contributed by atoms with Crippen LogP contribution >= 0.6 is 24.0 Å². The van der Waals surface area contributed by atoms with E-state index in [2.05, 4.69) is 0 Å². The van der Waals surface area contributed by atoms with Gasteiger partial charge in [-0.1, -0.05) is 23.7 Å². The first-order chi connectivity index (χ1) is 10.0. The Morgan fingerprint density at radius 2 is 2.00 bits per heavy atom. The van der Waals surface area contributed by atoms with Crippen molar-refractivity contribution in [3.63, 3.8) is 0 Å². The van der Waals surface area contributed by atoms with E-state index in [0.717, 1.165) is 5.56 Å². The van der Waals surface area contributed by atoms with Gasteiger partial charge in [0, 0.05) is 30.1 Å². The number of nitrogens with zero attached hydrogens (tertiary/aromatic N) is 1. The molecular weight excluding hydrogens is 323 g/mol. The molecule has 0 aromatic heterocycles. The van der Waals surface area contributed by atoms with E-state index in [4.69, 9.17) is 17.3 Å². The standard InChI is InChI=1S/C16H23ClN2O2.ClH/c1-2-19(10-11-3-6-13(17)7-4-11)16(21)12-5-8-15(20)14(18)9-12;/h3-4,6-7,12,14-15,20H,2,5,8-10,18H2,1H3;1H/t12-,14+,15+;/m0./s1. The van der Waals surface area contributed by atoms with Gasteiger partial charge in [-0.05, 0) is 43.9 Å². The fourth-order valence-electron chi connectivity index (χ4n) is 2.83. The van der Waals surface area contributed by atoms with Crippen molar-refractivity contribution < 1.29 is 9.90 Å². The molecule has 2 rings (SSSR count). The van der Waals surface area contributed by atoms with Crippen molar-refractivity contribution in [2.45, 2.75) is 44.9 Å². The van der Waals surface area contributed by atoms with Crippen LogP contribution in [0.4, 0.5) is 0 Å². The first-order valence-electron chi connectivity index (χ1n) is 7.48. The number of nitrogens with two attached hydrogens (primary N) is 1. The number of aliphatic hydroxyl groups is 1. The molecule has 6 heteroatoms. The summed E-state index contributed by atoms with van der Waals surface area (Å²) in [6.07, 6.45) is 1.42. The average molecular weight is 347 g/mol. The summed E-state index contributed by atoms with van der Waals surface area (Å²) < 4.78 is 0. The molecule has 1 aliphatic carbocycles. The highest BCUT2D eigenvalue weighted by Gasteiger charge is 2.32. The van der Waals surface area contributed by atoms with Crippen LogP contribution in [0.5, 0.6) is 0 Å². The predicted octanol–water partition coefficient (Wildman–Crippen LogP) is 2.60. The van der Waals surface area contributed by atoms with Gasteiger partial charge in [-0.15, -0.1) is 12.4 Å². The highest BCUT2D eigenvalue weighted by molar-refractivity contribution is 6.30. The third kappa shape index (κ3) is 4.85. The number of halogens is 2. The third-order valence-corrected chi connectivity index (χ3v) is 4.44. The van der Waals surface area contributed by atoms with Gasteiger partial charge < -0.3 is 15.7 Å². The summed E-state index contributed by atoms with van der Waals surface area (Å²) in [5, 5.41) is 10.4. The Hall–Kier alpha value is -0.810. The van der Waals surface area contributed by atoms with Gasteiger partial charge in [-0.25, -0.2) is 0 Å². The average Bonchev–Trinajstić information content (AvgIpc) is 2.49. The summed E-state index contributed by atoms with van der Waals surface area (Å²) in [6.45, 7) is 3.22. The minimum Gasteiger partial charge on any atom is -0.392 e. The van der Waals surface area contributed by atoms with Crippen molar-refractivity contribution in [1.29, 1.82) is 0 Å². The smallest absolute Gasteiger partial charge is 0.226 e. The summed E-state index contributed by atoms with van der Waals surface area (Å²) in [7, 11) is 0. The van der Waals surface area contributed by atoms with Gasteiger partial charge in [0.05, 0.1) is 6.10 Å². The van der Waals surface area contributed by atoms with Crippen LogP contribution in [0.15, 0.2) is 24.3 Å². The molecule has 0 spiro atoms. The van der Waals surface area contributed by atoms with Gasteiger partial charge in [0.1, 0.15) is 0 Å². The minimum atomic E-state index is -0.472. The summed E-state index contributed by atoms with van der Waals surface area (Å²) >= 11 is 5.88. The van der Waals surface area contributed by atoms with Gasteiger partial charge in [0.2, 0.25) is 5.91 Å². The van der Waals surface area contributed by atoms with E-state index >= 15 is 0 Å². The molecule has 1 saturated carbocycles. The predicted molar refractivity (Wildman–Crippen MR) is 91.1 cm³/mol. The molecule has 1 aliphatic rings. The number of rotatable bonds is 4. The van der Waals surface area contributed by atoms with Gasteiger partial charge in [-0.3, -0.25) is 4.79 Å². The molecule has 124 valence electrons. The molecule has 0 heterocycles. The van der Waals surface area contributed by atoms with Crippen molar-refractivity contribution >= 4 is 29.9 Å². The fourth-order valence-corrected chi connectivity index (χ4v) is 2.95. The molecule has 0 saturated heterocycles. The lowest BCUT2D eigenvalue weighted by molar-refractivity contribution is -0.138. The lowest BCUT2D eigenvalue weighted by Crippen LogP contribution is -2.45. The van der Waals surface area contributed by atoms with Crippen LogP contribution in [-0.4, -0.2) is 34.6 Å². The van der Waals surface area contributed by atoms with E-state index in [1.807, 2.05) is 36.1 Å². The monoisotopic (exact) mass is 346 g/mol. The van der Waals surface area contributed by atoms with Gasteiger partial charge >= 0.3 is 0 Å². The van der Waals surface area contributed by atoms with E-state index < -0.39 is 6.10 Å². The van der Waals surface area contributed by atoms with Crippen molar-refractivity contribution in [3.05, 3.63) is 34.9 Å². The molecule has 22 heavy (non-hydrogen) atoms. The Kier molecular flexibility index (Phi) is 7.63. The maximum Gasteiger partial charge on any atom is 0.226 e. The summed E-state index contributed by atoms with van der Waals surface area (Å²) in [5.74, 6) is 0.0606. The molecule has 1 fully saturated rings. The number of hydrogen-bond acceptors (Lipinski definition) is 3. The normalized spacial score (nSPS) is 24.5. The number of carbonyl (C=O) groups excluding carboxylic acids is 1. The van der Waals surface area contributed by atoms with E-state index in [1.54, 1.807) is 0 Å². The van der Waals surface area contributed by atoms with Crippen LogP contribution in [0, 0.1) is 5.92 Å². The molecule has 0 aliphatic heterocycles. The molecule has 1 amide bonds. The quantitative estimate of drug-likeness (QED) is 0.880. The molecule has 1 aromatic rings. The van der Waals surface area contributed by atoms with E-state index in [1.165, 1.54) is 0 Å². The zero-order chi connectivity index (χ0) is 15.4. The summed E-state index contributed by atoms with van der Waals surface area (Å²) in [6, 6.07) is 7.26. The maximum absolute atomic E-state index is 12.6. The topological polar surface area (TPSA) is 66.6 Å². The van der Waals surface area contributed by atoms with E-state index in [0.29, 0.717) is 37.4 Å². The first kappa shape index (κ1) is 19.2. The highest BCUT2D eigenvalue weighted by atomic mass is 35.5. The highest BCUT2D eigenvalue weighted by Crippen LogP contribution is 2.26. The lowest BCUT2D eigenvalue weighted by Gasteiger charge is -2.33. The first-order valence-corrected chi connectivity index (χ1v) is 7.86. The SMILES string of the molecule is CCN(Cc1ccc(Cl)cc1)C(=O)[C@H]1CC[C@@H](O)[C@H](N)C1.Cl. The number of amides is 1. The second-order valence-electron chi connectivity index (χ2n) is 5.72. The van der Waals surface area contributed by atoms with Crippen LogP contribution in [0.1, 0.15) is 31.7 Å². The zero-order valence-corrected chi connectivity index (χ0v) is 14.3. The third-order valence-electron chi connectivity index (χ3n) is 4.19. The van der Waals surface area contributed by atoms with Crippen LogP contribution in [0.25, 0.3) is 0 Å². The minimum absolute atomic E-state index is 0. The molecule has 1 aromatic carbocycles. The summed E-state index contributed by atoms with van der Waals surface area (Å²) in [4.78, 5) is 14.5. The molecule has 0 bridgehead atoms. The number of aliphatic hydroxyl groups excluding tert-OH is 1. The van der Waals surface area contributed by atoms with Crippen molar-refractivity contribution in [2.75, 3.05) is 6.54 Å². The van der Waals surface area contributed by atoms with Gasteiger partial charge in [0.25, 0.3) is 0 Å². The largest absolute Gasteiger partial charge is 0.392 e. The van der Waals surface area contributed by atoms with Crippen molar-refractivity contribution in [2.24, 2.45) is 11.7 Å². The zero-order valence-electron chi connectivity index (χ0n) is 12.7. The maximum atomic E-state index is 12.6. The molecule has 0 unspecified atom stereocenters. The Morgan fingerprint density at radius 1 is 1.36 bits per heavy atom. The van der Waals surface area contributed by atoms with E-state index in [9.17, 15) is 9.90 Å². The van der Waals surface area contributed by atoms with Crippen molar-refractivity contribution in [3.8, 4) is 0 Å². The van der Waals surface area contributed by atoms with Gasteiger partial charge in [-0.2, -0.15) is 0 Å².